The predicted molar refractivity (Wildman–Crippen MR) is 117 cm³/mol. The molecule has 6 nitrogen and oxygen atoms in total. The third-order valence-electron chi connectivity index (χ3n) is 5.43. The number of aromatic nitrogens is 2. The van der Waals surface area contributed by atoms with Crippen molar-refractivity contribution in [1.29, 1.82) is 0 Å². The van der Waals surface area contributed by atoms with Crippen molar-refractivity contribution in [3.63, 3.8) is 0 Å². The third kappa shape index (κ3) is 4.19. The van der Waals surface area contributed by atoms with Crippen molar-refractivity contribution < 1.29 is 9.53 Å². The SMILES string of the molecule is CCN(C(=O)CCn1cnc2sc(C)c(C)c2c1=O)C(C)c1cccc(OC)c1. The fraction of sp³-hybridized carbons (Fsp3) is 0.409. The monoisotopic (exact) mass is 413 g/mol. The molecule has 0 aliphatic carbocycles. The Labute approximate surface area is 174 Å². The molecule has 0 aliphatic rings. The number of aryl methyl sites for hydroxylation is 3. The molecule has 2 heterocycles. The number of rotatable bonds is 7. The van der Waals surface area contributed by atoms with E-state index in [-0.39, 0.29) is 23.9 Å². The average molecular weight is 414 g/mol. The smallest absolute Gasteiger partial charge is 0.262 e. The molecule has 2 aromatic heterocycles. The largest absolute Gasteiger partial charge is 0.497 e. The van der Waals surface area contributed by atoms with Gasteiger partial charge in [-0.3, -0.25) is 14.2 Å². The second-order valence-corrected chi connectivity index (χ2v) is 8.29. The van der Waals surface area contributed by atoms with Crippen LogP contribution in [-0.2, 0) is 11.3 Å². The molecule has 1 unspecified atom stereocenters. The number of amides is 1. The zero-order valence-electron chi connectivity index (χ0n) is 17.6. The molecule has 1 amide bonds. The van der Waals surface area contributed by atoms with Crippen LogP contribution in [0.2, 0.25) is 0 Å². The summed E-state index contributed by atoms with van der Waals surface area (Å²) in [5.41, 5.74) is 1.92. The molecule has 1 atom stereocenters. The molecule has 3 rings (SSSR count). The van der Waals surface area contributed by atoms with Crippen LogP contribution in [0.25, 0.3) is 10.2 Å². The highest BCUT2D eigenvalue weighted by atomic mass is 32.1. The van der Waals surface area contributed by atoms with Gasteiger partial charge in [-0.05, 0) is 51.0 Å². The molecule has 0 saturated carbocycles. The van der Waals surface area contributed by atoms with Gasteiger partial charge in [0, 0.05) is 24.4 Å². The van der Waals surface area contributed by atoms with Crippen LogP contribution < -0.4 is 10.3 Å². The minimum absolute atomic E-state index is 0.00744. The quantitative estimate of drug-likeness (QED) is 0.585. The van der Waals surface area contributed by atoms with Crippen molar-refractivity contribution in [2.24, 2.45) is 0 Å². The van der Waals surface area contributed by atoms with Gasteiger partial charge in [-0.1, -0.05) is 12.1 Å². The van der Waals surface area contributed by atoms with E-state index in [1.54, 1.807) is 18.0 Å². The Balaban J connectivity index is 1.76. The highest BCUT2D eigenvalue weighted by molar-refractivity contribution is 7.18. The lowest BCUT2D eigenvalue weighted by atomic mass is 10.1. The van der Waals surface area contributed by atoms with E-state index < -0.39 is 0 Å². The number of carbonyl (C=O) groups is 1. The second kappa shape index (κ2) is 8.78. The standard InChI is InChI=1S/C22H27N3O3S/c1-6-25(15(3)17-8-7-9-18(12-17)28-5)19(26)10-11-24-13-23-21-20(22(24)27)14(2)16(4)29-21/h7-9,12-13,15H,6,10-11H2,1-5H3. The zero-order valence-corrected chi connectivity index (χ0v) is 18.4. The molecule has 0 aliphatic heterocycles. The Kier molecular flexibility index (Phi) is 6.37. The van der Waals surface area contributed by atoms with Crippen molar-refractivity contribution in [2.45, 2.75) is 46.7 Å². The topological polar surface area (TPSA) is 64.4 Å². The van der Waals surface area contributed by atoms with E-state index in [0.717, 1.165) is 26.6 Å². The highest BCUT2D eigenvalue weighted by Gasteiger charge is 2.21. The minimum atomic E-state index is -0.0818. The molecule has 3 aromatic rings. The number of thiophene rings is 1. The summed E-state index contributed by atoms with van der Waals surface area (Å²) in [6.07, 6.45) is 1.80. The van der Waals surface area contributed by atoms with Crippen molar-refractivity contribution in [1.82, 2.24) is 14.5 Å². The summed E-state index contributed by atoms with van der Waals surface area (Å²) in [6, 6.07) is 7.67. The molecule has 0 fully saturated rings. The van der Waals surface area contributed by atoms with E-state index in [9.17, 15) is 9.59 Å². The molecule has 0 spiro atoms. The highest BCUT2D eigenvalue weighted by Crippen LogP contribution is 2.26. The first-order valence-electron chi connectivity index (χ1n) is 9.75. The van der Waals surface area contributed by atoms with Crippen LogP contribution >= 0.6 is 11.3 Å². The molecule has 0 saturated heterocycles. The lowest BCUT2D eigenvalue weighted by molar-refractivity contribution is -0.133. The minimum Gasteiger partial charge on any atom is -0.497 e. The second-order valence-electron chi connectivity index (χ2n) is 7.09. The van der Waals surface area contributed by atoms with Crippen LogP contribution in [0.1, 0.15) is 42.3 Å². The van der Waals surface area contributed by atoms with Gasteiger partial charge in [0.1, 0.15) is 10.6 Å². The fourth-order valence-corrected chi connectivity index (χ4v) is 4.52. The van der Waals surface area contributed by atoms with Crippen LogP contribution in [0.4, 0.5) is 0 Å². The number of fused-ring (bicyclic) bond motifs is 1. The van der Waals surface area contributed by atoms with Gasteiger partial charge < -0.3 is 9.64 Å². The number of nitrogens with zero attached hydrogens (tertiary/aromatic N) is 3. The molecule has 7 heteroatoms. The molecular formula is C22H27N3O3S. The zero-order chi connectivity index (χ0) is 21.1. The Morgan fingerprint density at radius 2 is 2.10 bits per heavy atom. The predicted octanol–water partition coefficient (Wildman–Crippen LogP) is 4.08. The fourth-order valence-electron chi connectivity index (χ4n) is 3.54. The normalized spacial score (nSPS) is 12.2. The molecular weight excluding hydrogens is 386 g/mol. The van der Waals surface area contributed by atoms with Gasteiger partial charge in [0.2, 0.25) is 5.91 Å². The number of carbonyl (C=O) groups excluding carboxylic acids is 1. The van der Waals surface area contributed by atoms with Gasteiger partial charge in [0.25, 0.3) is 5.56 Å². The first-order chi connectivity index (χ1) is 13.9. The first kappa shape index (κ1) is 21.0. The van der Waals surface area contributed by atoms with E-state index in [0.29, 0.717) is 18.5 Å². The van der Waals surface area contributed by atoms with E-state index in [1.807, 2.05) is 56.9 Å². The van der Waals surface area contributed by atoms with Crippen LogP contribution in [-0.4, -0.2) is 34.0 Å². The average Bonchev–Trinajstić information content (AvgIpc) is 3.02. The molecule has 154 valence electrons. The van der Waals surface area contributed by atoms with Gasteiger partial charge >= 0.3 is 0 Å². The Morgan fingerprint density at radius 3 is 2.79 bits per heavy atom. The van der Waals surface area contributed by atoms with Gasteiger partial charge in [0.05, 0.1) is 24.9 Å². The maximum atomic E-state index is 12.9. The summed E-state index contributed by atoms with van der Waals surface area (Å²) < 4.78 is 6.84. The summed E-state index contributed by atoms with van der Waals surface area (Å²) in [6.45, 7) is 8.82. The summed E-state index contributed by atoms with van der Waals surface area (Å²) >= 11 is 1.53. The first-order valence-corrected chi connectivity index (χ1v) is 10.6. The lowest BCUT2D eigenvalue weighted by Crippen LogP contribution is -2.34. The van der Waals surface area contributed by atoms with Gasteiger partial charge in [0.15, 0.2) is 0 Å². The van der Waals surface area contributed by atoms with E-state index in [1.165, 1.54) is 11.3 Å². The molecule has 0 bridgehead atoms. The van der Waals surface area contributed by atoms with Crippen LogP contribution in [0.3, 0.4) is 0 Å². The number of benzene rings is 1. The van der Waals surface area contributed by atoms with Crippen molar-refractivity contribution >= 4 is 27.5 Å². The number of hydrogen-bond donors (Lipinski definition) is 0. The van der Waals surface area contributed by atoms with Crippen molar-refractivity contribution in [3.8, 4) is 5.75 Å². The summed E-state index contributed by atoms with van der Waals surface area (Å²) in [5.74, 6) is 0.776. The third-order valence-corrected chi connectivity index (χ3v) is 6.54. The number of methoxy groups -OCH3 is 1. The summed E-state index contributed by atoms with van der Waals surface area (Å²) in [5, 5.41) is 0.666. The van der Waals surface area contributed by atoms with Gasteiger partial charge in [-0.15, -0.1) is 11.3 Å². The summed E-state index contributed by atoms with van der Waals surface area (Å²) in [7, 11) is 1.63. The van der Waals surface area contributed by atoms with Crippen LogP contribution in [0.5, 0.6) is 5.75 Å². The maximum absolute atomic E-state index is 12.9. The molecule has 29 heavy (non-hydrogen) atoms. The van der Waals surface area contributed by atoms with Crippen LogP contribution in [0, 0.1) is 13.8 Å². The van der Waals surface area contributed by atoms with E-state index in [4.69, 9.17) is 4.74 Å². The molecule has 0 N–H and O–H groups in total. The number of ether oxygens (including phenoxy) is 1. The van der Waals surface area contributed by atoms with Crippen molar-refractivity contribution in [3.05, 3.63) is 57.0 Å². The van der Waals surface area contributed by atoms with Gasteiger partial charge in [-0.25, -0.2) is 4.98 Å². The maximum Gasteiger partial charge on any atom is 0.262 e. The lowest BCUT2D eigenvalue weighted by Gasteiger charge is -2.29. The van der Waals surface area contributed by atoms with E-state index in [2.05, 4.69) is 4.98 Å². The molecule has 0 radical (unpaired) electrons. The van der Waals surface area contributed by atoms with Gasteiger partial charge in [-0.2, -0.15) is 0 Å². The van der Waals surface area contributed by atoms with E-state index >= 15 is 0 Å². The Bertz CT molecular complexity index is 1090. The van der Waals surface area contributed by atoms with Crippen molar-refractivity contribution in [2.75, 3.05) is 13.7 Å². The Morgan fingerprint density at radius 1 is 1.34 bits per heavy atom. The summed E-state index contributed by atoms with van der Waals surface area (Å²) in [4.78, 5) is 33.8. The Hall–Kier alpha value is -2.67. The van der Waals surface area contributed by atoms with Crippen LogP contribution in [0.15, 0.2) is 35.4 Å². The number of hydrogen-bond acceptors (Lipinski definition) is 5. The molecule has 1 aromatic carbocycles.